The smallest absolute Gasteiger partial charge is 0.241 e. The van der Waals surface area contributed by atoms with Crippen LogP contribution in [0.5, 0.6) is 0 Å². The molecule has 1 aliphatic rings. The standard InChI is InChI=1S/C20H29N5O/c1-14(2)10-17(18-21-13-22-25(18)5)23-19(26)20(24(3)4)11-15-8-6-7-9-16(15)12-20/h6-9,13-14,17H,10-12H2,1-5H3,(H,23,26)/t17-/m0/s1. The van der Waals surface area contributed by atoms with Gasteiger partial charge in [-0.05, 0) is 37.6 Å². The number of benzene rings is 1. The largest absolute Gasteiger partial charge is 0.344 e. The molecule has 3 rings (SSSR count). The number of hydrogen-bond donors (Lipinski definition) is 1. The van der Waals surface area contributed by atoms with Gasteiger partial charge in [-0.3, -0.25) is 14.4 Å². The third-order valence-corrected chi connectivity index (χ3v) is 5.43. The Hall–Kier alpha value is -2.21. The van der Waals surface area contributed by atoms with Gasteiger partial charge in [-0.2, -0.15) is 5.10 Å². The molecule has 6 nitrogen and oxygen atoms in total. The number of carbonyl (C=O) groups is 1. The average Bonchev–Trinajstić information content (AvgIpc) is 3.17. The fourth-order valence-electron chi connectivity index (χ4n) is 3.89. The quantitative estimate of drug-likeness (QED) is 0.862. The van der Waals surface area contributed by atoms with E-state index in [1.165, 1.54) is 11.1 Å². The second-order valence-corrected chi connectivity index (χ2v) is 7.95. The lowest BCUT2D eigenvalue weighted by molar-refractivity contribution is -0.132. The van der Waals surface area contributed by atoms with Crippen molar-refractivity contribution < 1.29 is 4.79 Å². The normalized spacial score (nSPS) is 16.7. The van der Waals surface area contributed by atoms with Gasteiger partial charge in [0.2, 0.25) is 5.91 Å². The van der Waals surface area contributed by atoms with Crippen LogP contribution in [0.15, 0.2) is 30.6 Å². The minimum absolute atomic E-state index is 0.0624. The third kappa shape index (κ3) is 3.38. The zero-order valence-electron chi connectivity index (χ0n) is 16.4. The minimum atomic E-state index is -0.558. The van der Waals surface area contributed by atoms with Gasteiger partial charge in [0, 0.05) is 19.9 Å². The van der Waals surface area contributed by atoms with E-state index < -0.39 is 5.54 Å². The predicted molar refractivity (Wildman–Crippen MR) is 102 cm³/mol. The summed E-state index contributed by atoms with van der Waals surface area (Å²) < 4.78 is 1.75. The highest BCUT2D eigenvalue weighted by molar-refractivity contribution is 5.88. The molecule has 0 saturated heterocycles. The molecule has 0 radical (unpaired) electrons. The number of nitrogens with zero attached hydrogens (tertiary/aromatic N) is 4. The van der Waals surface area contributed by atoms with Crippen LogP contribution < -0.4 is 5.32 Å². The summed E-state index contributed by atoms with van der Waals surface area (Å²) in [5.41, 5.74) is 1.96. The molecule has 26 heavy (non-hydrogen) atoms. The van der Waals surface area contributed by atoms with Gasteiger partial charge in [0.15, 0.2) is 0 Å². The number of likely N-dealkylation sites (N-methyl/N-ethyl adjacent to an activating group) is 1. The van der Waals surface area contributed by atoms with Crippen LogP contribution in [0.1, 0.15) is 43.3 Å². The summed E-state index contributed by atoms with van der Waals surface area (Å²) in [6, 6.07) is 8.20. The van der Waals surface area contributed by atoms with Crippen molar-refractivity contribution in [2.75, 3.05) is 14.1 Å². The molecule has 0 unspecified atom stereocenters. The fourth-order valence-corrected chi connectivity index (χ4v) is 3.89. The maximum absolute atomic E-state index is 13.5. The number of nitrogens with one attached hydrogen (secondary N) is 1. The van der Waals surface area contributed by atoms with Gasteiger partial charge in [-0.25, -0.2) is 4.98 Å². The molecule has 1 atom stereocenters. The Bertz CT molecular complexity index is 755. The van der Waals surface area contributed by atoms with E-state index in [1.807, 2.05) is 33.3 Å². The number of rotatable bonds is 6. The number of aryl methyl sites for hydroxylation is 1. The van der Waals surface area contributed by atoms with Crippen molar-refractivity contribution in [2.24, 2.45) is 13.0 Å². The van der Waals surface area contributed by atoms with Crippen LogP contribution in [-0.4, -0.2) is 45.2 Å². The molecule has 0 spiro atoms. The zero-order chi connectivity index (χ0) is 18.9. The molecule has 1 aromatic carbocycles. The van der Waals surface area contributed by atoms with Crippen molar-refractivity contribution in [1.29, 1.82) is 0 Å². The lowest BCUT2D eigenvalue weighted by atomic mass is 9.91. The van der Waals surface area contributed by atoms with Crippen LogP contribution in [0.3, 0.4) is 0 Å². The molecule has 1 amide bonds. The first-order chi connectivity index (χ1) is 12.3. The van der Waals surface area contributed by atoms with E-state index in [2.05, 4.69) is 46.3 Å². The summed E-state index contributed by atoms with van der Waals surface area (Å²) in [5, 5.41) is 7.46. The maximum Gasteiger partial charge on any atom is 0.241 e. The highest BCUT2D eigenvalue weighted by Crippen LogP contribution is 2.34. The highest BCUT2D eigenvalue weighted by Gasteiger charge is 2.46. The second kappa shape index (κ2) is 7.19. The van der Waals surface area contributed by atoms with Gasteiger partial charge in [0.25, 0.3) is 0 Å². The summed E-state index contributed by atoms with van der Waals surface area (Å²) in [6.45, 7) is 4.31. The molecule has 0 aliphatic heterocycles. The predicted octanol–water partition coefficient (Wildman–Crippen LogP) is 2.12. The molecule has 140 valence electrons. The number of hydrogen-bond acceptors (Lipinski definition) is 4. The van der Waals surface area contributed by atoms with Crippen molar-refractivity contribution in [3.8, 4) is 0 Å². The lowest BCUT2D eigenvalue weighted by Crippen LogP contribution is -2.57. The van der Waals surface area contributed by atoms with Gasteiger partial charge in [-0.15, -0.1) is 0 Å². The Morgan fingerprint density at radius 2 is 1.88 bits per heavy atom. The van der Waals surface area contributed by atoms with Crippen LogP contribution in [0.2, 0.25) is 0 Å². The summed E-state index contributed by atoms with van der Waals surface area (Å²) in [7, 11) is 5.85. The molecular formula is C20H29N5O. The van der Waals surface area contributed by atoms with Crippen molar-refractivity contribution in [2.45, 2.75) is 44.7 Å². The molecule has 1 heterocycles. The van der Waals surface area contributed by atoms with E-state index in [1.54, 1.807) is 11.0 Å². The first-order valence-electron chi connectivity index (χ1n) is 9.22. The van der Waals surface area contributed by atoms with Crippen LogP contribution in [-0.2, 0) is 24.7 Å². The Morgan fingerprint density at radius 1 is 1.27 bits per heavy atom. The van der Waals surface area contributed by atoms with E-state index in [-0.39, 0.29) is 11.9 Å². The minimum Gasteiger partial charge on any atom is -0.344 e. The molecule has 1 N–H and O–H groups in total. The molecule has 6 heteroatoms. The van der Waals surface area contributed by atoms with Crippen molar-refractivity contribution in [1.82, 2.24) is 25.0 Å². The van der Waals surface area contributed by atoms with E-state index >= 15 is 0 Å². The number of carbonyl (C=O) groups excluding carboxylic acids is 1. The fraction of sp³-hybridized carbons (Fsp3) is 0.550. The molecule has 2 aromatic rings. The van der Waals surface area contributed by atoms with Crippen molar-refractivity contribution in [3.63, 3.8) is 0 Å². The highest BCUT2D eigenvalue weighted by atomic mass is 16.2. The van der Waals surface area contributed by atoms with Crippen molar-refractivity contribution >= 4 is 5.91 Å². The summed E-state index contributed by atoms with van der Waals surface area (Å²) in [5.74, 6) is 1.30. The molecule has 0 saturated carbocycles. The molecule has 0 bridgehead atoms. The van der Waals surface area contributed by atoms with E-state index in [4.69, 9.17) is 0 Å². The van der Waals surface area contributed by atoms with Gasteiger partial charge in [0.05, 0.1) is 6.04 Å². The first kappa shape index (κ1) is 18.6. The Balaban J connectivity index is 1.87. The van der Waals surface area contributed by atoms with Gasteiger partial charge < -0.3 is 5.32 Å². The molecule has 1 aliphatic carbocycles. The molecular weight excluding hydrogens is 326 g/mol. The first-order valence-corrected chi connectivity index (χ1v) is 9.22. The number of aromatic nitrogens is 3. The average molecular weight is 355 g/mol. The van der Waals surface area contributed by atoms with E-state index in [0.717, 1.165) is 25.1 Å². The Labute approximate surface area is 155 Å². The summed E-state index contributed by atoms with van der Waals surface area (Å²) in [4.78, 5) is 19.9. The van der Waals surface area contributed by atoms with Crippen LogP contribution in [0, 0.1) is 5.92 Å². The van der Waals surface area contributed by atoms with Crippen molar-refractivity contribution in [3.05, 3.63) is 47.5 Å². The van der Waals surface area contributed by atoms with Crippen LogP contribution in [0.4, 0.5) is 0 Å². The summed E-state index contributed by atoms with van der Waals surface area (Å²) in [6.07, 6.45) is 3.83. The van der Waals surface area contributed by atoms with E-state index in [9.17, 15) is 4.79 Å². The van der Waals surface area contributed by atoms with Gasteiger partial charge in [0.1, 0.15) is 17.7 Å². The van der Waals surface area contributed by atoms with Gasteiger partial charge >= 0.3 is 0 Å². The second-order valence-electron chi connectivity index (χ2n) is 7.95. The maximum atomic E-state index is 13.5. The topological polar surface area (TPSA) is 63.1 Å². The number of amides is 1. The zero-order valence-corrected chi connectivity index (χ0v) is 16.4. The monoisotopic (exact) mass is 355 g/mol. The molecule has 1 aromatic heterocycles. The van der Waals surface area contributed by atoms with E-state index in [0.29, 0.717) is 5.92 Å². The third-order valence-electron chi connectivity index (χ3n) is 5.43. The van der Waals surface area contributed by atoms with Crippen LogP contribution >= 0.6 is 0 Å². The number of fused-ring (bicyclic) bond motifs is 1. The summed E-state index contributed by atoms with van der Waals surface area (Å²) >= 11 is 0. The molecule has 0 fully saturated rings. The lowest BCUT2D eigenvalue weighted by Gasteiger charge is -2.36. The Kier molecular flexibility index (Phi) is 5.14. The Morgan fingerprint density at radius 3 is 2.35 bits per heavy atom. The van der Waals surface area contributed by atoms with Crippen LogP contribution in [0.25, 0.3) is 0 Å². The SMILES string of the molecule is CC(C)C[C@H](NC(=O)C1(N(C)C)Cc2ccccc2C1)c1ncnn1C. The van der Waals surface area contributed by atoms with Gasteiger partial charge in [-0.1, -0.05) is 38.1 Å².